The van der Waals surface area contributed by atoms with Gasteiger partial charge in [0.1, 0.15) is 6.29 Å². The van der Waals surface area contributed by atoms with Crippen LogP contribution in [0, 0.1) is 5.41 Å². The van der Waals surface area contributed by atoms with Crippen LogP contribution in [0.15, 0.2) is 24.3 Å². The molecule has 0 aliphatic heterocycles. The van der Waals surface area contributed by atoms with Crippen molar-refractivity contribution in [1.82, 2.24) is 0 Å². The summed E-state index contributed by atoms with van der Waals surface area (Å²) in [4.78, 5) is 10.5. The maximum absolute atomic E-state index is 10.5. The van der Waals surface area contributed by atoms with E-state index in [1.165, 1.54) is 0 Å². The van der Waals surface area contributed by atoms with Gasteiger partial charge in [-0.05, 0) is 12.5 Å². The molecule has 74 valence electrons. The highest BCUT2D eigenvalue weighted by Gasteiger charge is 2.16. The average molecular weight is 182 g/mol. The van der Waals surface area contributed by atoms with E-state index in [9.17, 15) is 4.79 Å². The van der Waals surface area contributed by atoms with Gasteiger partial charge in [-0.25, -0.2) is 0 Å². The van der Waals surface area contributed by atoms with Gasteiger partial charge in [-0.3, -0.25) is 0 Å². The second-order valence-electron chi connectivity index (χ2n) is 3.67. The van der Waals surface area contributed by atoms with Gasteiger partial charge in [-0.1, -0.05) is 32.6 Å². The van der Waals surface area contributed by atoms with Gasteiger partial charge in [0.2, 0.25) is 0 Å². The molecule has 0 atom stereocenters. The fourth-order valence-corrected chi connectivity index (χ4v) is 0.726. The number of allylic oxidation sites excluding steroid dienone is 1. The van der Waals surface area contributed by atoms with Gasteiger partial charge in [0.15, 0.2) is 0 Å². The molecule has 2 heteroatoms. The molecule has 0 rings (SSSR count). The molecule has 0 saturated heterocycles. The highest BCUT2D eigenvalue weighted by atomic mass is 16.5. The zero-order valence-corrected chi connectivity index (χ0v) is 8.67. The first-order valence-electron chi connectivity index (χ1n) is 4.37. The van der Waals surface area contributed by atoms with Crippen molar-refractivity contribution in [2.75, 3.05) is 13.2 Å². The molecule has 0 unspecified atom stereocenters. The second kappa shape index (κ2) is 5.70. The number of carbonyl (C=O) groups is 1. The van der Waals surface area contributed by atoms with Crippen LogP contribution in [0.3, 0.4) is 0 Å². The van der Waals surface area contributed by atoms with E-state index >= 15 is 0 Å². The molecule has 0 saturated carbocycles. The van der Waals surface area contributed by atoms with E-state index in [4.69, 9.17) is 4.74 Å². The molecular weight excluding hydrogens is 164 g/mol. The average Bonchev–Trinajstić information content (AvgIpc) is 2.12. The van der Waals surface area contributed by atoms with Crippen LogP contribution >= 0.6 is 0 Å². The first-order chi connectivity index (χ1) is 6.05. The molecule has 0 aliphatic carbocycles. The van der Waals surface area contributed by atoms with E-state index in [0.29, 0.717) is 13.2 Å². The van der Waals surface area contributed by atoms with Crippen molar-refractivity contribution in [3.8, 4) is 0 Å². The molecule has 0 N–H and O–H groups in total. The summed E-state index contributed by atoms with van der Waals surface area (Å²) in [6, 6.07) is 0. The smallest absolute Gasteiger partial charge is 0.127 e. The van der Waals surface area contributed by atoms with Gasteiger partial charge >= 0.3 is 0 Å². The lowest BCUT2D eigenvalue weighted by atomic mass is 9.98. The van der Waals surface area contributed by atoms with Crippen LogP contribution in [0.1, 0.15) is 20.8 Å². The number of rotatable bonds is 6. The Morgan fingerprint density at radius 3 is 2.54 bits per heavy atom. The lowest BCUT2D eigenvalue weighted by molar-refractivity contribution is -0.117. The van der Waals surface area contributed by atoms with Gasteiger partial charge in [-0.15, -0.1) is 0 Å². The molecule has 0 spiro atoms. The molecule has 0 amide bonds. The van der Waals surface area contributed by atoms with Crippen molar-refractivity contribution in [3.63, 3.8) is 0 Å². The number of aldehydes is 1. The molecule has 0 aromatic carbocycles. The molecule has 13 heavy (non-hydrogen) atoms. The maximum Gasteiger partial charge on any atom is 0.127 e. The predicted octanol–water partition coefficient (Wildman–Crippen LogP) is 2.36. The minimum atomic E-state index is -0.389. The molecule has 0 bridgehead atoms. The van der Waals surface area contributed by atoms with Crippen molar-refractivity contribution in [1.29, 1.82) is 0 Å². The molecule has 0 fully saturated rings. The van der Waals surface area contributed by atoms with Gasteiger partial charge in [0.25, 0.3) is 0 Å². The summed E-state index contributed by atoms with van der Waals surface area (Å²) in [6.07, 6.45) is 4.62. The van der Waals surface area contributed by atoms with Gasteiger partial charge < -0.3 is 9.53 Å². The SMILES string of the molecule is C=C/C(=C\C)COCC(C)(C)C=O. The van der Waals surface area contributed by atoms with Crippen LogP contribution in [-0.4, -0.2) is 19.5 Å². The van der Waals surface area contributed by atoms with Crippen molar-refractivity contribution in [2.45, 2.75) is 20.8 Å². The normalized spacial score (nSPS) is 12.7. The zero-order chi connectivity index (χ0) is 10.3. The summed E-state index contributed by atoms with van der Waals surface area (Å²) in [5.74, 6) is 0. The van der Waals surface area contributed by atoms with Gasteiger partial charge in [0, 0.05) is 5.41 Å². The zero-order valence-electron chi connectivity index (χ0n) is 8.67. The Morgan fingerprint density at radius 1 is 1.54 bits per heavy atom. The standard InChI is InChI=1S/C11H18O2/c1-5-10(6-2)7-13-9-11(3,4)8-12/h5-6,8H,1,7,9H2,2-4H3/b10-6+. The molecular formula is C11H18O2. The largest absolute Gasteiger partial charge is 0.376 e. The van der Waals surface area contributed by atoms with E-state index in [1.54, 1.807) is 6.08 Å². The Labute approximate surface area is 80.3 Å². The van der Waals surface area contributed by atoms with E-state index in [0.717, 1.165) is 11.9 Å². The summed E-state index contributed by atoms with van der Waals surface area (Å²) in [5, 5.41) is 0. The molecule has 0 aliphatic rings. The number of hydrogen-bond donors (Lipinski definition) is 0. The Hall–Kier alpha value is -0.890. The first kappa shape index (κ1) is 12.1. The molecule has 0 heterocycles. The van der Waals surface area contributed by atoms with E-state index in [1.807, 2.05) is 26.8 Å². The predicted molar refractivity (Wildman–Crippen MR) is 54.6 cm³/mol. The van der Waals surface area contributed by atoms with Crippen LogP contribution in [0.2, 0.25) is 0 Å². The van der Waals surface area contributed by atoms with Gasteiger partial charge in [0.05, 0.1) is 13.2 Å². The third kappa shape index (κ3) is 5.36. The Morgan fingerprint density at radius 2 is 2.15 bits per heavy atom. The quantitative estimate of drug-likeness (QED) is 0.465. The molecule has 2 nitrogen and oxygen atoms in total. The highest BCUT2D eigenvalue weighted by molar-refractivity contribution is 5.57. The van der Waals surface area contributed by atoms with Crippen LogP contribution < -0.4 is 0 Å². The maximum atomic E-state index is 10.5. The second-order valence-corrected chi connectivity index (χ2v) is 3.67. The third-order valence-corrected chi connectivity index (χ3v) is 1.69. The first-order valence-corrected chi connectivity index (χ1v) is 4.37. The van der Waals surface area contributed by atoms with Crippen LogP contribution in [0.4, 0.5) is 0 Å². The van der Waals surface area contributed by atoms with Crippen LogP contribution in [0.25, 0.3) is 0 Å². The topological polar surface area (TPSA) is 26.3 Å². The molecule has 0 aromatic rings. The molecule has 0 aromatic heterocycles. The lowest BCUT2D eigenvalue weighted by Crippen LogP contribution is -2.21. The minimum Gasteiger partial charge on any atom is -0.376 e. The van der Waals surface area contributed by atoms with Crippen molar-refractivity contribution in [3.05, 3.63) is 24.3 Å². The fraction of sp³-hybridized carbons (Fsp3) is 0.545. The highest BCUT2D eigenvalue weighted by Crippen LogP contribution is 2.11. The summed E-state index contributed by atoms with van der Waals surface area (Å²) in [7, 11) is 0. The number of carbonyl (C=O) groups excluding carboxylic acids is 1. The van der Waals surface area contributed by atoms with E-state index < -0.39 is 0 Å². The Balaban J connectivity index is 3.79. The van der Waals surface area contributed by atoms with Crippen LogP contribution in [-0.2, 0) is 9.53 Å². The Kier molecular flexibility index (Phi) is 5.31. The summed E-state index contributed by atoms with van der Waals surface area (Å²) < 4.78 is 5.36. The van der Waals surface area contributed by atoms with Crippen LogP contribution in [0.5, 0.6) is 0 Å². The minimum absolute atomic E-state index is 0.389. The van der Waals surface area contributed by atoms with Crippen molar-refractivity contribution in [2.24, 2.45) is 5.41 Å². The summed E-state index contributed by atoms with van der Waals surface area (Å²) in [6.45, 7) is 10.3. The lowest BCUT2D eigenvalue weighted by Gasteiger charge is -2.16. The van der Waals surface area contributed by atoms with Crippen molar-refractivity contribution < 1.29 is 9.53 Å². The number of ether oxygens (including phenoxy) is 1. The third-order valence-electron chi connectivity index (χ3n) is 1.69. The summed E-state index contributed by atoms with van der Waals surface area (Å²) in [5.41, 5.74) is 0.654. The summed E-state index contributed by atoms with van der Waals surface area (Å²) >= 11 is 0. The van der Waals surface area contributed by atoms with E-state index in [-0.39, 0.29) is 5.41 Å². The fourth-order valence-electron chi connectivity index (χ4n) is 0.726. The molecule has 0 radical (unpaired) electrons. The van der Waals surface area contributed by atoms with Crippen molar-refractivity contribution >= 4 is 6.29 Å². The van der Waals surface area contributed by atoms with Gasteiger partial charge in [-0.2, -0.15) is 0 Å². The monoisotopic (exact) mass is 182 g/mol. The number of hydrogen-bond acceptors (Lipinski definition) is 2. The Bertz CT molecular complexity index is 202. The van der Waals surface area contributed by atoms with E-state index in [2.05, 4.69) is 6.58 Å².